The SMILES string of the molecule is N[C@@H](Cc1ccccc1)[C@H](O)C[N+](=O)[O-]. The van der Waals surface area contributed by atoms with E-state index in [1.807, 2.05) is 30.3 Å². The van der Waals surface area contributed by atoms with E-state index >= 15 is 0 Å². The van der Waals surface area contributed by atoms with Crippen LogP contribution in [0, 0.1) is 10.1 Å². The third-order valence-electron chi connectivity index (χ3n) is 2.14. The molecule has 1 rings (SSSR count). The van der Waals surface area contributed by atoms with Crippen molar-refractivity contribution in [3.8, 4) is 0 Å². The lowest BCUT2D eigenvalue weighted by Crippen LogP contribution is -2.40. The lowest BCUT2D eigenvalue weighted by Gasteiger charge is -2.15. The molecule has 0 saturated heterocycles. The van der Waals surface area contributed by atoms with E-state index in [4.69, 9.17) is 5.73 Å². The molecule has 0 aromatic heterocycles. The first-order chi connectivity index (χ1) is 7.09. The Morgan fingerprint density at radius 3 is 2.53 bits per heavy atom. The molecule has 15 heavy (non-hydrogen) atoms. The Morgan fingerprint density at radius 1 is 1.40 bits per heavy atom. The van der Waals surface area contributed by atoms with Crippen LogP contribution in [0.1, 0.15) is 5.56 Å². The lowest BCUT2D eigenvalue weighted by atomic mass is 10.0. The third-order valence-corrected chi connectivity index (χ3v) is 2.14. The van der Waals surface area contributed by atoms with Gasteiger partial charge in [-0.1, -0.05) is 30.3 Å². The summed E-state index contributed by atoms with van der Waals surface area (Å²) in [6.07, 6.45) is -0.657. The summed E-state index contributed by atoms with van der Waals surface area (Å²) >= 11 is 0. The quantitative estimate of drug-likeness (QED) is 0.536. The second-order valence-electron chi connectivity index (χ2n) is 3.44. The summed E-state index contributed by atoms with van der Waals surface area (Å²) in [5.41, 5.74) is 6.61. The zero-order valence-electron chi connectivity index (χ0n) is 8.24. The fraction of sp³-hybridized carbons (Fsp3) is 0.400. The Labute approximate surface area is 87.7 Å². The minimum absolute atomic E-state index is 0.440. The van der Waals surface area contributed by atoms with Crippen molar-refractivity contribution in [3.05, 3.63) is 46.0 Å². The first-order valence-corrected chi connectivity index (χ1v) is 4.69. The monoisotopic (exact) mass is 210 g/mol. The van der Waals surface area contributed by atoms with Gasteiger partial charge in [0.1, 0.15) is 6.10 Å². The molecule has 0 amide bonds. The van der Waals surface area contributed by atoms with Gasteiger partial charge in [-0.15, -0.1) is 0 Å². The van der Waals surface area contributed by atoms with E-state index in [9.17, 15) is 15.2 Å². The molecule has 82 valence electrons. The Kier molecular flexibility index (Phi) is 4.20. The molecule has 0 saturated carbocycles. The normalized spacial score (nSPS) is 14.5. The molecule has 0 aliphatic carbocycles. The van der Waals surface area contributed by atoms with Crippen molar-refractivity contribution < 1.29 is 10.0 Å². The first kappa shape index (κ1) is 11.6. The van der Waals surface area contributed by atoms with Gasteiger partial charge in [-0.25, -0.2) is 0 Å². The Bertz CT molecular complexity index is 316. The van der Waals surface area contributed by atoms with Crippen LogP contribution >= 0.6 is 0 Å². The molecule has 0 radical (unpaired) electrons. The standard InChI is InChI=1S/C10H14N2O3/c11-9(10(13)7-12(14)15)6-8-4-2-1-3-5-8/h1-5,9-10,13H,6-7,11H2/t9-,10+/m0/s1. The second kappa shape index (κ2) is 5.43. The van der Waals surface area contributed by atoms with Crippen LogP contribution < -0.4 is 5.73 Å². The molecule has 0 heterocycles. The molecular weight excluding hydrogens is 196 g/mol. The topological polar surface area (TPSA) is 89.4 Å². The van der Waals surface area contributed by atoms with Crippen LogP contribution in [-0.4, -0.2) is 28.7 Å². The average Bonchev–Trinajstić information content (AvgIpc) is 2.18. The number of nitrogens with zero attached hydrogens (tertiary/aromatic N) is 1. The van der Waals surface area contributed by atoms with Gasteiger partial charge < -0.3 is 10.8 Å². The molecule has 0 aliphatic rings. The van der Waals surface area contributed by atoms with Crippen molar-refractivity contribution >= 4 is 0 Å². The van der Waals surface area contributed by atoms with Crippen molar-refractivity contribution in [1.29, 1.82) is 0 Å². The summed E-state index contributed by atoms with van der Waals surface area (Å²) in [5, 5.41) is 19.5. The van der Waals surface area contributed by atoms with Crippen LogP contribution in [-0.2, 0) is 6.42 Å². The number of benzene rings is 1. The number of aliphatic hydroxyl groups excluding tert-OH is 1. The number of nitro groups is 1. The van der Waals surface area contributed by atoms with Gasteiger partial charge in [-0.2, -0.15) is 0 Å². The van der Waals surface area contributed by atoms with Crippen LogP contribution in [0.2, 0.25) is 0 Å². The molecule has 0 aliphatic heterocycles. The van der Waals surface area contributed by atoms with Crippen molar-refractivity contribution in [1.82, 2.24) is 0 Å². The zero-order valence-corrected chi connectivity index (χ0v) is 8.24. The van der Waals surface area contributed by atoms with Crippen LogP contribution in [0.25, 0.3) is 0 Å². The van der Waals surface area contributed by atoms with Gasteiger partial charge in [0, 0.05) is 11.0 Å². The van der Waals surface area contributed by atoms with Crippen LogP contribution in [0.4, 0.5) is 0 Å². The Hall–Kier alpha value is -1.46. The number of hydrogen-bond donors (Lipinski definition) is 2. The van der Waals surface area contributed by atoms with Crippen LogP contribution in [0.15, 0.2) is 30.3 Å². The molecule has 5 nitrogen and oxygen atoms in total. The van der Waals surface area contributed by atoms with Crippen molar-refractivity contribution in [2.24, 2.45) is 5.73 Å². The number of nitrogens with two attached hydrogens (primary N) is 1. The highest BCUT2D eigenvalue weighted by atomic mass is 16.6. The molecule has 1 aromatic rings. The van der Waals surface area contributed by atoms with E-state index in [2.05, 4.69) is 0 Å². The van der Waals surface area contributed by atoms with Gasteiger partial charge in [0.25, 0.3) is 0 Å². The van der Waals surface area contributed by atoms with Crippen LogP contribution in [0.3, 0.4) is 0 Å². The molecule has 5 heteroatoms. The maximum atomic E-state index is 10.2. The molecule has 0 spiro atoms. The Morgan fingerprint density at radius 2 is 2.00 bits per heavy atom. The van der Waals surface area contributed by atoms with Crippen molar-refractivity contribution in [2.45, 2.75) is 18.6 Å². The van der Waals surface area contributed by atoms with Crippen molar-refractivity contribution in [2.75, 3.05) is 6.54 Å². The average molecular weight is 210 g/mol. The summed E-state index contributed by atoms with van der Waals surface area (Å²) < 4.78 is 0. The van der Waals surface area contributed by atoms with Gasteiger partial charge in [0.15, 0.2) is 0 Å². The second-order valence-corrected chi connectivity index (χ2v) is 3.44. The maximum absolute atomic E-state index is 10.2. The smallest absolute Gasteiger partial charge is 0.230 e. The predicted molar refractivity (Wildman–Crippen MR) is 56.0 cm³/mol. The molecule has 0 unspecified atom stereocenters. The van der Waals surface area contributed by atoms with E-state index in [1.54, 1.807) is 0 Å². The van der Waals surface area contributed by atoms with Gasteiger partial charge in [0.2, 0.25) is 6.54 Å². The number of hydrogen-bond acceptors (Lipinski definition) is 4. The predicted octanol–water partition coefficient (Wildman–Crippen LogP) is 0.194. The lowest BCUT2D eigenvalue weighted by molar-refractivity contribution is -0.490. The number of aliphatic hydroxyl groups is 1. The fourth-order valence-electron chi connectivity index (χ4n) is 1.31. The van der Waals surface area contributed by atoms with E-state index in [1.165, 1.54) is 0 Å². The third kappa shape index (κ3) is 4.05. The molecule has 2 atom stereocenters. The highest BCUT2D eigenvalue weighted by Crippen LogP contribution is 2.04. The fourth-order valence-corrected chi connectivity index (χ4v) is 1.31. The van der Waals surface area contributed by atoms with Crippen LogP contribution in [0.5, 0.6) is 0 Å². The van der Waals surface area contributed by atoms with E-state index in [0.717, 1.165) is 5.56 Å². The molecule has 0 bridgehead atoms. The maximum Gasteiger partial charge on any atom is 0.230 e. The number of rotatable bonds is 5. The first-order valence-electron chi connectivity index (χ1n) is 4.69. The van der Waals surface area contributed by atoms with Crippen molar-refractivity contribution in [3.63, 3.8) is 0 Å². The molecular formula is C10H14N2O3. The van der Waals surface area contributed by atoms with E-state index in [0.29, 0.717) is 6.42 Å². The van der Waals surface area contributed by atoms with E-state index < -0.39 is 23.6 Å². The minimum Gasteiger partial charge on any atom is -0.385 e. The molecule has 0 fully saturated rings. The summed E-state index contributed by atoms with van der Waals surface area (Å²) in [6.45, 7) is -0.506. The van der Waals surface area contributed by atoms with Gasteiger partial charge in [0.05, 0.1) is 0 Å². The highest BCUT2D eigenvalue weighted by Gasteiger charge is 2.20. The van der Waals surface area contributed by atoms with E-state index in [-0.39, 0.29) is 0 Å². The summed E-state index contributed by atoms with van der Waals surface area (Å²) in [5.74, 6) is 0. The summed E-state index contributed by atoms with van der Waals surface area (Å²) in [4.78, 5) is 9.60. The zero-order chi connectivity index (χ0) is 11.3. The van der Waals surface area contributed by atoms with Gasteiger partial charge >= 0.3 is 0 Å². The highest BCUT2D eigenvalue weighted by molar-refractivity contribution is 5.16. The summed E-state index contributed by atoms with van der Waals surface area (Å²) in [6, 6.07) is 8.75. The van der Waals surface area contributed by atoms with Gasteiger partial charge in [-0.05, 0) is 12.0 Å². The minimum atomic E-state index is -1.10. The molecule has 1 aromatic carbocycles. The Balaban J connectivity index is 2.48. The largest absolute Gasteiger partial charge is 0.385 e. The molecule has 3 N–H and O–H groups in total. The summed E-state index contributed by atoms with van der Waals surface area (Å²) in [7, 11) is 0. The van der Waals surface area contributed by atoms with Gasteiger partial charge in [-0.3, -0.25) is 10.1 Å².